The molecule has 0 spiro atoms. The number of hydrogen-bond acceptors (Lipinski definition) is 3. The van der Waals surface area contributed by atoms with Crippen molar-refractivity contribution in [1.82, 2.24) is 16.0 Å². The van der Waals surface area contributed by atoms with Crippen molar-refractivity contribution in [3.05, 3.63) is 0 Å². The summed E-state index contributed by atoms with van der Waals surface area (Å²) < 4.78 is 0. The van der Waals surface area contributed by atoms with Crippen molar-refractivity contribution < 1.29 is 9.59 Å². The number of halogens is 1. The highest BCUT2D eigenvalue weighted by Crippen LogP contribution is 2.43. The summed E-state index contributed by atoms with van der Waals surface area (Å²) in [4.78, 5) is 24.0. The maximum atomic E-state index is 12.4. The molecule has 0 bridgehead atoms. The molecule has 0 unspecified atom stereocenters. The molecular formula is C14H26ClN3O2. The van der Waals surface area contributed by atoms with Crippen molar-refractivity contribution in [2.75, 3.05) is 26.2 Å². The third kappa shape index (κ3) is 3.64. The van der Waals surface area contributed by atoms with Gasteiger partial charge in [-0.25, -0.2) is 0 Å². The minimum Gasteiger partial charge on any atom is -0.355 e. The Hall–Kier alpha value is -0.810. The molecule has 0 aromatic carbocycles. The second kappa shape index (κ2) is 7.84. The Morgan fingerprint density at radius 2 is 2.10 bits per heavy atom. The van der Waals surface area contributed by atoms with Crippen LogP contribution in [0.3, 0.4) is 0 Å². The van der Waals surface area contributed by atoms with Crippen molar-refractivity contribution in [1.29, 1.82) is 0 Å². The fraction of sp³-hybridized carbons (Fsp3) is 0.857. The monoisotopic (exact) mass is 303 g/mol. The van der Waals surface area contributed by atoms with E-state index in [1.807, 2.05) is 6.92 Å². The van der Waals surface area contributed by atoms with Crippen LogP contribution in [0.5, 0.6) is 0 Å². The first-order chi connectivity index (χ1) is 9.19. The zero-order valence-electron chi connectivity index (χ0n) is 12.2. The Labute approximate surface area is 127 Å². The average Bonchev–Trinajstić information content (AvgIpc) is 2.87. The number of rotatable bonds is 5. The van der Waals surface area contributed by atoms with Crippen LogP contribution >= 0.6 is 12.4 Å². The van der Waals surface area contributed by atoms with Gasteiger partial charge in [0.2, 0.25) is 11.8 Å². The van der Waals surface area contributed by atoms with E-state index in [1.165, 1.54) is 6.42 Å². The van der Waals surface area contributed by atoms with Crippen LogP contribution in [0.15, 0.2) is 0 Å². The van der Waals surface area contributed by atoms with Gasteiger partial charge in [0.25, 0.3) is 0 Å². The van der Waals surface area contributed by atoms with Gasteiger partial charge in [-0.2, -0.15) is 0 Å². The summed E-state index contributed by atoms with van der Waals surface area (Å²) in [5.74, 6) is 0.415. The lowest BCUT2D eigenvalue weighted by atomic mass is 9.67. The van der Waals surface area contributed by atoms with Gasteiger partial charge in [-0.3, -0.25) is 9.59 Å². The van der Waals surface area contributed by atoms with Crippen LogP contribution in [0.2, 0.25) is 0 Å². The van der Waals surface area contributed by atoms with Gasteiger partial charge in [-0.15, -0.1) is 12.4 Å². The maximum Gasteiger partial charge on any atom is 0.239 e. The van der Waals surface area contributed by atoms with Gasteiger partial charge in [-0.05, 0) is 31.7 Å². The van der Waals surface area contributed by atoms with Gasteiger partial charge in [0.05, 0.1) is 12.0 Å². The van der Waals surface area contributed by atoms with E-state index in [2.05, 4.69) is 16.0 Å². The fourth-order valence-corrected chi connectivity index (χ4v) is 3.35. The zero-order chi connectivity index (χ0) is 13.7. The Kier molecular flexibility index (Phi) is 6.76. The van der Waals surface area contributed by atoms with E-state index < -0.39 is 0 Å². The summed E-state index contributed by atoms with van der Waals surface area (Å²) in [5, 5.41) is 8.96. The third-order valence-corrected chi connectivity index (χ3v) is 4.47. The lowest BCUT2D eigenvalue weighted by Crippen LogP contribution is -2.50. The van der Waals surface area contributed by atoms with Crippen LogP contribution in [0.1, 0.15) is 39.0 Å². The van der Waals surface area contributed by atoms with Crippen molar-refractivity contribution in [3.8, 4) is 0 Å². The summed E-state index contributed by atoms with van der Waals surface area (Å²) in [6, 6.07) is 0. The summed E-state index contributed by atoms with van der Waals surface area (Å²) in [6.45, 7) is 4.49. The summed E-state index contributed by atoms with van der Waals surface area (Å²) in [7, 11) is 0. The SMILES string of the molecule is CCCNC(=O)CNC(=O)[C@@]12CCCC[C@H]1CNC2.Cl. The first-order valence-corrected chi connectivity index (χ1v) is 7.45. The van der Waals surface area contributed by atoms with Crippen LogP contribution in [-0.4, -0.2) is 38.0 Å². The Balaban J connectivity index is 0.00000200. The molecule has 2 amide bonds. The molecule has 0 radical (unpaired) electrons. The first kappa shape index (κ1) is 17.2. The Bertz CT molecular complexity index is 351. The second-order valence-corrected chi connectivity index (χ2v) is 5.76. The quantitative estimate of drug-likeness (QED) is 0.704. The lowest BCUT2D eigenvalue weighted by Gasteiger charge is -2.37. The summed E-state index contributed by atoms with van der Waals surface area (Å²) in [6.07, 6.45) is 5.33. The Morgan fingerprint density at radius 3 is 2.85 bits per heavy atom. The predicted molar refractivity (Wildman–Crippen MR) is 80.8 cm³/mol. The van der Waals surface area contributed by atoms with Crippen molar-refractivity contribution in [3.63, 3.8) is 0 Å². The standard InChI is InChI=1S/C14H25N3O2.ClH/c1-2-7-16-12(18)9-17-13(19)14-6-4-3-5-11(14)8-15-10-14;/h11,15H,2-10H2,1H3,(H,16,18)(H,17,19);1H/t11-,14+;/m0./s1. The van der Waals surface area contributed by atoms with Crippen molar-refractivity contribution in [2.24, 2.45) is 11.3 Å². The first-order valence-electron chi connectivity index (χ1n) is 7.45. The highest BCUT2D eigenvalue weighted by Gasteiger charge is 2.49. The highest BCUT2D eigenvalue weighted by molar-refractivity contribution is 5.88. The van der Waals surface area contributed by atoms with E-state index in [0.29, 0.717) is 12.5 Å². The van der Waals surface area contributed by atoms with Gasteiger partial charge >= 0.3 is 0 Å². The van der Waals surface area contributed by atoms with Crippen LogP contribution in [0.4, 0.5) is 0 Å². The van der Waals surface area contributed by atoms with E-state index in [4.69, 9.17) is 0 Å². The average molecular weight is 304 g/mol. The zero-order valence-corrected chi connectivity index (χ0v) is 13.0. The lowest BCUT2D eigenvalue weighted by molar-refractivity contribution is -0.135. The van der Waals surface area contributed by atoms with Gasteiger partial charge in [0.1, 0.15) is 0 Å². The van der Waals surface area contributed by atoms with Gasteiger partial charge in [-0.1, -0.05) is 19.8 Å². The molecule has 1 heterocycles. The minimum absolute atomic E-state index is 0. The third-order valence-electron chi connectivity index (χ3n) is 4.47. The number of amides is 2. The molecular weight excluding hydrogens is 278 g/mol. The van der Waals surface area contributed by atoms with E-state index in [0.717, 1.165) is 38.8 Å². The van der Waals surface area contributed by atoms with Crippen LogP contribution in [-0.2, 0) is 9.59 Å². The van der Waals surface area contributed by atoms with Gasteiger partial charge in [0.15, 0.2) is 0 Å². The normalized spacial score (nSPS) is 28.1. The van der Waals surface area contributed by atoms with Crippen molar-refractivity contribution >= 4 is 24.2 Å². The molecule has 5 nitrogen and oxygen atoms in total. The van der Waals surface area contributed by atoms with Crippen LogP contribution in [0, 0.1) is 11.3 Å². The summed E-state index contributed by atoms with van der Waals surface area (Å²) >= 11 is 0. The summed E-state index contributed by atoms with van der Waals surface area (Å²) in [5.41, 5.74) is -0.261. The van der Waals surface area contributed by atoms with Crippen LogP contribution in [0.25, 0.3) is 0 Å². The second-order valence-electron chi connectivity index (χ2n) is 5.76. The molecule has 0 aromatic rings. The molecule has 2 rings (SSSR count). The Morgan fingerprint density at radius 1 is 1.30 bits per heavy atom. The smallest absolute Gasteiger partial charge is 0.239 e. The van der Waals surface area contributed by atoms with Gasteiger partial charge in [0, 0.05) is 13.1 Å². The van der Waals surface area contributed by atoms with Gasteiger partial charge < -0.3 is 16.0 Å². The largest absolute Gasteiger partial charge is 0.355 e. The fourth-order valence-electron chi connectivity index (χ4n) is 3.35. The maximum absolute atomic E-state index is 12.4. The number of nitrogens with one attached hydrogen (secondary N) is 3. The van der Waals surface area contributed by atoms with E-state index in [-0.39, 0.29) is 36.2 Å². The minimum atomic E-state index is -0.261. The molecule has 1 aliphatic carbocycles. The van der Waals surface area contributed by atoms with Crippen LogP contribution < -0.4 is 16.0 Å². The molecule has 6 heteroatoms. The molecule has 1 saturated heterocycles. The molecule has 116 valence electrons. The number of fused-ring (bicyclic) bond motifs is 1. The van der Waals surface area contributed by atoms with E-state index in [9.17, 15) is 9.59 Å². The molecule has 1 aliphatic heterocycles. The van der Waals surface area contributed by atoms with E-state index in [1.54, 1.807) is 0 Å². The predicted octanol–water partition coefficient (Wildman–Crippen LogP) is 0.830. The molecule has 20 heavy (non-hydrogen) atoms. The number of carbonyl (C=O) groups excluding carboxylic acids is 2. The molecule has 2 fully saturated rings. The topological polar surface area (TPSA) is 70.2 Å². The molecule has 2 aliphatic rings. The molecule has 3 N–H and O–H groups in total. The van der Waals surface area contributed by atoms with Crippen molar-refractivity contribution in [2.45, 2.75) is 39.0 Å². The molecule has 2 atom stereocenters. The molecule has 0 aromatic heterocycles. The number of hydrogen-bond donors (Lipinski definition) is 3. The molecule has 1 saturated carbocycles. The highest BCUT2D eigenvalue weighted by atomic mass is 35.5. The van der Waals surface area contributed by atoms with E-state index >= 15 is 0 Å². The number of carbonyl (C=O) groups is 2.